The highest BCUT2D eigenvalue weighted by Gasteiger charge is 2.57. The summed E-state index contributed by atoms with van der Waals surface area (Å²) in [5, 5.41) is 11.6. The molecule has 0 aliphatic heterocycles. The van der Waals surface area contributed by atoms with E-state index in [1.165, 1.54) is 0 Å². The van der Waals surface area contributed by atoms with E-state index in [9.17, 15) is 9.59 Å². The Morgan fingerprint density at radius 1 is 1.50 bits per heavy atom. The maximum Gasteiger partial charge on any atom is 0.319 e. The molecule has 0 aromatic rings. The van der Waals surface area contributed by atoms with Crippen LogP contribution in [0.4, 0.5) is 0 Å². The second-order valence-corrected chi connectivity index (χ2v) is 4.57. The normalized spacial score (nSPS) is 32.1. The van der Waals surface area contributed by atoms with Gasteiger partial charge in [-0.05, 0) is 31.1 Å². The van der Waals surface area contributed by atoms with Gasteiger partial charge in [0.25, 0.3) is 0 Å². The van der Waals surface area contributed by atoms with Crippen molar-refractivity contribution in [2.24, 2.45) is 17.3 Å². The number of hydrogen-bond donors (Lipinski definition) is 2. The molecule has 78 valence electrons. The van der Waals surface area contributed by atoms with E-state index in [2.05, 4.69) is 12.2 Å². The van der Waals surface area contributed by atoms with Gasteiger partial charge in [-0.3, -0.25) is 9.59 Å². The fraction of sp³-hybridized carbons (Fsp3) is 0.800. The van der Waals surface area contributed by atoms with Crippen molar-refractivity contribution in [3.8, 4) is 0 Å². The summed E-state index contributed by atoms with van der Waals surface area (Å²) in [5.41, 5.74) is -1.07. The summed E-state index contributed by atoms with van der Waals surface area (Å²) in [5.74, 6) is 0.00164. The van der Waals surface area contributed by atoms with Crippen LogP contribution in [0.3, 0.4) is 0 Å². The van der Waals surface area contributed by atoms with Gasteiger partial charge in [0.1, 0.15) is 5.41 Å². The van der Waals surface area contributed by atoms with Gasteiger partial charge in [-0.1, -0.05) is 6.92 Å². The second-order valence-electron chi connectivity index (χ2n) is 4.57. The van der Waals surface area contributed by atoms with E-state index in [4.69, 9.17) is 5.11 Å². The highest BCUT2D eigenvalue weighted by molar-refractivity contribution is 6.04. The van der Waals surface area contributed by atoms with Gasteiger partial charge in [0.2, 0.25) is 5.91 Å². The fourth-order valence-corrected chi connectivity index (χ4v) is 1.74. The van der Waals surface area contributed by atoms with Gasteiger partial charge in [-0.25, -0.2) is 0 Å². The topological polar surface area (TPSA) is 66.4 Å². The molecule has 0 aromatic carbocycles. The van der Waals surface area contributed by atoms with E-state index >= 15 is 0 Å². The van der Waals surface area contributed by atoms with Crippen LogP contribution in [0.15, 0.2) is 0 Å². The van der Waals surface area contributed by atoms with Crippen molar-refractivity contribution < 1.29 is 14.7 Å². The van der Waals surface area contributed by atoms with Gasteiger partial charge in [0, 0.05) is 6.54 Å². The zero-order valence-electron chi connectivity index (χ0n) is 8.25. The molecule has 0 radical (unpaired) electrons. The van der Waals surface area contributed by atoms with Crippen LogP contribution in [0, 0.1) is 17.3 Å². The number of carboxylic acid groups (broad SMARTS) is 1. The van der Waals surface area contributed by atoms with Gasteiger partial charge in [-0.2, -0.15) is 0 Å². The predicted octanol–water partition coefficient (Wildman–Crippen LogP) is 0.623. The number of amides is 1. The summed E-state index contributed by atoms with van der Waals surface area (Å²) in [4.78, 5) is 22.3. The first-order valence-corrected chi connectivity index (χ1v) is 5.08. The van der Waals surface area contributed by atoms with Crippen molar-refractivity contribution in [1.29, 1.82) is 0 Å². The van der Waals surface area contributed by atoms with Crippen LogP contribution in [0.5, 0.6) is 0 Å². The third-order valence-corrected chi connectivity index (χ3v) is 3.39. The van der Waals surface area contributed by atoms with E-state index in [0.29, 0.717) is 31.2 Å². The number of hydrogen-bond acceptors (Lipinski definition) is 2. The number of aliphatic carboxylic acids is 1. The lowest BCUT2D eigenvalue weighted by atomic mass is 10.1. The molecule has 2 aliphatic rings. The molecular weight excluding hydrogens is 182 g/mol. The van der Waals surface area contributed by atoms with Crippen molar-refractivity contribution in [1.82, 2.24) is 5.32 Å². The second kappa shape index (κ2) is 2.97. The summed E-state index contributed by atoms with van der Waals surface area (Å²) < 4.78 is 0. The van der Waals surface area contributed by atoms with Gasteiger partial charge in [-0.15, -0.1) is 0 Å². The third-order valence-electron chi connectivity index (χ3n) is 3.39. The Bertz CT molecular complexity index is 283. The minimum absolute atomic E-state index is 0.288. The smallest absolute Gasteiger partial charge is 0.319 e. The highest BCUT2D eigenvalue weighted by Crippen LogP contribution is 2.46. The maximum atomic E-state index is 11.5. The minimum atomic E-state index is -1.07. The molecule has 4 heteroatoms. The number of carbonyl (C=O) groups is 2. The lowest BCUT2D eigenvalue weighted by molar-refractivity contribution is -0.149. The van der Waals surface area contributed by atoms with Gasteiger partial charge < -0.3 is 10.4 Å². The van der Waals surface area contributed by atoms with E-state index in [-0.39, 0.29) is 5.91 Å². The van der Waals surface area contributed by atoms with Crippen LogP contribution >= 0.6 is 0 Å². The van der Waals surface area contributed by atoms with Crippen LogP contribution in [0.25, 0.3) is 0 Å². The molecule has 4 nitrogen and oxygen atoms in total. The van der Waals surface area contributed by atoms with E-state index in [1.54, 1.807) is 0 Å². The van der Waals surface area contributed by atoms with Crippen LogP contribution in [0.2, 0.25) is 0 Å². The SMILES string of the molecule is CC1CC1CNC(=O)C1(C(=O)O)CC1. The molecule has 2 N–H and O–H groups in total. The molecule has 2 fully saturated rings. The molecule has 2 atom stereocenters. The number of rotatable bonds is 4. The molecule has 0 spiro atoms. The van der Waals surface area contributed by atoms with Gasteiger partial charge in [0.15, 0.2) is 0 Å². The summed E-state index contributed by atoms with van der Waals surface area (Å²) >= 11 is 0. The van der Waals surface area contributed by atoms with E-state index < -0.39 is 11.4 Å². The van der Waals surface area contributed by atoms with Gasteiger partial charge in [0.05, 0.1) is 0 Å². The third kappa shape index (κ3) is 1.49. The average molecular weight is 197 g/mol. The van der Waals surface area contributed by atoms with Crippen molar-refractivity contribution in [2.45, 2.75) is 26.2 Å². The molecular formula is C10H15NO3. The Morgan fingerprint density at radius 3 is 2.43 bits per heavy atom. The summed E-state index contributed by atoms with van der Waals surface area (Å²) in [6.45, 7) is 2.79. The van der Waals surface area contributed by atoms with Crippen LogP contribution < -0.4 is 5.32 Å². The molecule has 14 heavy (non-hydrogen) atoms. The molecule has 2 unspecified atom stereocenters. The first-order valence-electron chi connectivity index (χ1n) is 5.08. The average Bonchev–Trinajstić information content (AvgIpc) is 2.96. The predicted molar refractivity (Wildman–Crippen MR) is 49.6 cm³/mol. The first-order chi connectivity index (χ1) is 6.56. The Labute approximate surface area is 82.7 Å². The van der Waals surface area contributed by atoms with Crippen molar-refractivity contribution in [3.63, 3.8) is 0 Å². The summed E-state index contributed by atoms with van der Waals surface area (Å²) in [7, 11) is 0. The molecule has 2 aliphatic carbocycles. The highest BCUT2D eigenvalue weighted by atomic mass is 16.4. The van der Waals surface area contributed by atoms with Crippen LogP contribution in [0.1, 0.15) is 26.2 Å². The summed E-state index contributed by atoms with van der Waals surface area (Å²) in [6, 6.07) is 0. The van der Waals surface area contributed by atoms with Crippen molar-refractivity contribution >= 4 is 11.9 Å². The molecule has 0 saturated heterocycles. The lowest BCUT2D eigenvalue weighted by Crippen LogP contribution is -2.38. The van der Waals surface area contributed by atoms with E-state index in [1.807, 2.05) is 0 Å². The Balaban J connectivity index is 1.81. The van der Waals surface area contributed by atoms with E-state index in [0.717, 1.165) is 6.42 Å². The Morgan fingerprint density at radius 2 is 2.07 bits per heavy atom. The summed E-state index contributed by atoms with van der Waals surface area (Å²) in [6.07, 6.45) is 2.14. The molecule has 1 amide bonds. The maximum absolute atomic E-state index is 11.5. The monoisotopic (exact) mass is 197 g/mol. The number of carbonyl (C=O) groups excluding carboxylic acids is 1. The first kappa shape index (κ1) is 9.49. The zero-order chi connectivity index (χ0) is 10.3. The Hall–Kier alpha value is -1.06. The zero-order valence-corrected chi connectivity index (χ0v) is 8.25. The van der Waals surface area contributed by atoms with Crippen molar-refractivity contribution in [2.75, 3.05) is 6.54 Å². The largest absolute Gasteiger partial charge is 0.480 e. The molecule has 0 heterocycles. The standard InChI is InChI=1S/C10H15NO3/c1-6-4-7(6)5-11-8(12)10(2-3-10)9(13)14/h6-7H,2-5H2,1H3,(H,11,12)(H,13,14). The molecule has 0 aromatic heterocycles. The van der Waals surface area contributed by atoms with Crippen LogP contribution in [-0.2, 0) is 9.59 Å². The Kier molecular flexibility index (Phi) is 2.01. The lowest BCUT2D eigenvalue weighted by Gasteiger charge is -2.09. The number of carboxylic acids is 1. The molecule has 2 rings (SSSR count). The number of nitrogens with one attached hydrogen (secondary N) is 1. The molecule has 0 bridgehead atoms. The van der Waals surface area contributed by atoms with Crippen molar-refractivity contribution in [3.05, 3.63) is 0 Å². The minimum Gasteiger partial charge on any atom is -0.480 e. The fourth-order valence-electron chi connectivity index (χ4n) is 1.74. The molecule has 2 saturated carbocycles. The quantitative estimate of drug-likeness (QED) is 0.649. The van der Waals surface area contributed by atoms with Gasteiger partial charge >= 0.3 is 5.97 Å². The van der Waals surface area contributed by atoms with Crippen LogP contribution in [-0.4, -0.2) is 23.5 Å².